The van der Waals surface area contributed by atoms with Gasteiger partial charge in [-0.1, -0.05) is 13.8 Å². The first-order valence-electron chi connectivity index (χ1n) is 6.05. The highest BCUT2D eigenvalue weighted by Gasteiger charge is 2.65. The van der Waals surface area contributed by atoms with Crippen molar-refractivity contribution in [3.63, 3.8) is 0 Å². The van der Waals surface area contributed by atoms with Crippen molar-refractivity contribution < 1.29 is 19.4 Å². The van der Waals surface area contributed by atoms with Crippen molar-refractivity contribution in [2.24, 2.45) is 17.3 Å². The molecule has 3 atom stereocenters. The molecule has 2 rings (SSSR count). The molecule has 0 aromatic rings. The molecule has 5 nitrogen and oxygen atoms in total. The van der Waals surface area contributed by atoms with Crippen LogP contribution in [-0.2, 0) is 14.3 Å². The summed E-state index contributed by atoms with van der Waals surface area (Å²) in [5.74, 6) is -1.97. The number of hydrogen-bond acceptors (Lipinski definition) is 3. The molecule has 17 heavy (non-hydrogen) atoms. The summed E-state index contributed by atoms with van der Waals surface area (Å²) in [6.45, 7) is 4.94. The van der Waals surface area contributed by atoms with Gasteiger partial charge < -0.3 is 15.2 Å². The summed E-state index contributed by atoms with van der Waals surface area (Å²) in [7, 11) is 0. The van der Waals surface area contributed by atoms with E-state index in [9.17, 15) is 9.59 Å². The highest BCUT2D eigenvalue weighted by molar-refractivity contribution is 5.91. The summed E-state index contributed by atoms with van der Waals surface area (Å²) in [4.78, 5) is 23.0. The van der Waals surface area contributed by atoms with Gasteiger partial charge in [0, 0.05) is 6.61 Å². The fraction of sp³-hybridized carbons (Fsp3) is 0.833. The van der Waals surface area contributed by atoms with Crippen LogP contribution in [0.4, 0.5) is 0 Å². The molecule has 1 unspecified atom stereocenters. The third kappa shape index (κ3) is 2.29. The highest BCUT2D eigenvalue weighted by Crippen LogP contribution is 2.58. The van der Waals surface area contributed by atoms with Crippen LogP contribution in [0.2, 0.25) is 0 Å². The number of carbonyl (C=O) groups is 2. The molecule has 2 fully saturated rings. The van der Waals surface area contributed by atoms with Crippen LogP contribution < -0.4 is 5.32 Å². The van der Waals surface area contributed by atoms with Crippen LogP contribution in [0.25, 0.3) is 0 Å². The Kier molecular flexibility index (Phi) is 3.12. The number of nitrogens with one attached hydrogen (secondary N) is 1. The predicted molar refractivity (Wildman–Crippen MR) is 60.4 cm³/mol. The molecule has 0 aromatic carbocycles. The van der Waals surface area contributed by atoms with Crippen molar-refractivity contribution >= 4 is 11.9 Å². The number of carboxylic acids is 1. The molecule has 1 aliphatic carbocycles. The Balaban J connectivity index is 1.90. The van der Waals surface area contributed by atoms with Gasteiger partial charge >= 0.3 is 5.97 Å². The number of rotatable bonds is 3. The summed E-state index contributed by atoms with van der Waals surface area (Å²) in [5.41, 5.74) is -0.425. The van der Waals surface area contributed by atoms with Gasteiger partial charge in [0.25, 0.3) is 0 Å². The topological polar surface area (TPSA) is 75.6 Å². The Morgan fingerprint density at radius 2 is 2.06 bits per heavy atom. The minimum atomic E-state index is -0.880. The van der Waals surface area contributed by atoms with Crippen molar-refractivity contribution in [1.29, 1.82) is 0 Å². The molecule has 2 aliphatic rings. The molecule has 1 aliphatic heterocycles. The zero-order valence-corrected chi connectivity index (χ0v) is 10.2. The number of carboxylic acid groups (broad SMARTS) is 1. The number of amides is 1. The molecule has 1 amide bonds. The van der Waals surface area contributed by atoms with E-state index in [1.165, 1.54) is 0 Å². The van der Waals surface area contributed by atoms with E-state index in [0.717, 1.165) is 19.4 Å². The van der Waals surface area contributed by atoms with Crippen LogP contribution in [0.1, 0.15) is 26.7 Å². The molecule has 0 aromatic heterocycles. The van der Waals surface area contributed by atoms with Crippen LogP contribution in [0.15, 0.2) is 0 Å². The minimum Gasteiger partial charge on any atom is -0.481 e. The highest BCUT2D eigenvalue weighted by atomic mass is 16.5. The van der Waals surface area contributed by atoms with Gasteiger partial charge in [0.05, 0.1) is 24.5 Å². The lowest BCUT2D eigenvalue weighted by Gasteiger charge is -2.23. The average Bonchev–Trinajstić information content (AvgIpc) is 2.83. The lowest BCUT2D eigenvalue weighted by atomic mass is 10.1. The largest absolute Gasteiger partial charge is 0.481 e. The Hall–Kier alpha value is -1.10. The molecule has 0 radical (unpaired) electrons. The van der Waals surface area contributed by atoms with E-state index in [0.29, 0.717) is 6.61 Å². The van der Waals surface area contributed by atoms with Gasteiger partial charge in [0.2, 0.25) is 5.91 Å². The molecule has 1 heterocycles. The summed E-state index contributed by atoms with van der Waals surface area (Å²) in [6, 6.07) is 0.0436. The average molecular weight is 241 g/mol. The quantitative estimate of drug-likeness (QED) is 0.760. The van der Waals surface area contributed by atoms with Gasteiger partial charge in [0.15, 0.2) is 0 Å². The number of carbonyl (C=O) groups excluding carboxylic acids is 1. The first-order valence-corrected chi connectivity index (χ1v) is 6.05. The Morgan fingerprint density at radius 1 is 1.35 bits per heavy atom. The normalized spacial score (nSPS) is 35.1. The van der Waals surface area contributed by atoms with E-state index in [4.69, 9.17) is 9.84 Å². The van der Waals surface area contributed by atoms with E-state index in [1.54, 1.807) is 0 Å². The molecule has 96 valence electrons. The summed E-state index contributed by atoms with van der Waals surface area (Å²) < 4.78 is 5.28. The second kappa shape index (κ2) is 4.29. The fourth-order valence-corrected chi connectivity index (χ4v) is 2.73. The Morgan fingerprint density at radius 3 is 2.53 bits per heavy atom. The summed E-state index contributed by atoms with van der Waals surface area (Å²) in [6.07, 6.45) is 1.86. The maximum atomic E-state index is 12.0. The van der Waals surface area contributed by atoms with Crippen LogP contribution in [0.5, 0.6) is 0 Å². The van der Waals surface area contributed by atoms with Crippen molar-refractivity contribution in [2.45, 2.75) is 32.7 Å². The molecule has 0 spiro atoms. The van der Waals surface area contributed by atoms with Crippen LogP contribution >= 0.6 is 0 Å². The van der Waals surface area contributed by atoms with Gasteiger partial charge in [-0.25, -0.2) is 0 Å². The molecule has 0 bridgehead atoms. The van der Waals surface area contributed by atoms with E-state index < -0.39 is 23.2 Å². The molecular formula is C12H19NO4. The van der Waals surface area contributed by atoms with E-state index in [2.05, 4.69) is 5.32 Å². The van der Waals surface area contributed by atoms with E-state index in [1.807, 2.05) is 13.8 Å². The first kappa shape index (κ1) is 12.4. The third-order valence-electron chi connectivity index (χ3n) is 3.88. The van der Waals surface area contributed by atoms with Crippen molar-refractivity contribution in [3.05, 3.63) is 0 Å². The van der Waals surface area contributed by atoms with Crippen LogP contribution in [0.3, 0.4) is 0 Å². The lowest BCUT2D eigenvalue weighted by molar-refractivity contribution is -0.140. The zero-order chi connectivity index (χ0) is 12.6. The lowest BCUT2D eigenvalue weighted by Crippen LogP contribution is -2.42. The second-order valence-corrected chi connectivity index (χ2v) is 5.54. The number of ether oxygens (including phenoxy) is 1. The molecule has 1 saturated carbocycles. The first-order chi connectivity index (χ1) is 7.94. The molecule has 2 N–H and O–H groups in total. The van der Waals surface area contributed by atoms with Gasteiger partial charge in [-0.15, -0.1) is 0 Å². The Bertz CT molecular complexity index is 333. The summed E-state index contributed by atoms with van der Waals surface area (Å²) >= 11 is 0. The van der Waals surface area contributed by atoms with Gasteiger partial charge in [-0.2, -0.15) is 0 Å². The molecular weight excluding hydrogens is 222 g/mol. The third-order valence-corrected chi connectivity index (χ3v) is 3.88. The monoisotopic (exact) mass is 241 g/mol. The van der Waals surface area contributed by atoms with Crippen LogP contribution in [-0.4, -0.2) is 36.2 Å². The van der Waals surface area contributed by atoms with Gasteiger partial charge in [-0.05, 0) is 18.3 Å². The minimum absolute atomic E-state index is 0.0436. The Labute approximate surface area is 101 Å². The predicted octanol–water partition coefficient (Wildman–Crippen LogP) is 0.638. The number of hydrogen-bond donors (Lipinski definition) is 2. The maximum absolute atomic E-state index is 12.0. The fourth-order valence-electron chi connectivity index (χ4n) is 2.73. The zero-order valence-electron chi connectivity index (χ0n) is 10.2. The maximum Gasteiger partial charge on any atom is 0.307 e. The van der Waals surface area contributed by atoms with Gasteiger partial charge in [0.1, 0.15) is 0 Å². The van der Waals surface area contributed by atoms with Crippen molar-refractivity contribution in [2.75, 3.05) is 13.2 Å². The standard InChI is InChI=1S/C12H19NO4/c1-12(2)8(9(12)11(15)16)10(14)13-7-4-3-5-17-6-7/h7-9H,3-6H2,1-2H3,(H,13,14)(H,15,16)/t7?,8-,9+/m1/s1. The number of aliphatic carboxylic acids is 1. The van der Waals surface area contributed by atoms with E-state index >= 15 is 0 Å². The van der Waals surface area contributed by atoms with E-state index in [-0.39, 0.29) is 11.9 Å². The van der Waals surface area contributed by atoms with Crippen molar-refractivity contribution in [3.8, 4) is 0 Å². The molecule has 1 saturated heterocycles. The van der Waals surface area contributed by atoms with Crippen LogP contribution in [0, 0.1) is 17.3 Å². The van der Waals surface area contributed by atoms with Crippen molar-refractivity contribution in [1.82, 2.24) is 5.32 Å². The SMILES string of the molecule is CC1(C)[C@H](C(=O)O)[C@@H]1C(=O)NC1CCCOC1. The second-order valence-electron chi connectivity index (χ2n) is 5.54. The summed E-state index contributed by atoms with van der Waals surface area (Å²) in [5, 5.41) is 11.9. The smallest absolute Gasteiger partial charge is 0.307 e. The molecule has 5 heteroatoms. The van der Waals surface area contributed by atoms with Gasteiger partial charge in [-0.3, -0.25) is 9.59 Å².